The largest absolute Gasteiger partial charge is 0.444 e. The SMILES string of the molecule is CCC1CN(C(c2ccc(F)cc2)c2ccc(F)cc2)CCN1C(=O)OC(C)(C)C. The van der Waals surface area contributed by atoms with E-state index < -0.39 is 5.60 Å². The molecule has 1 aliphatic heterocycles. The number of amides is 1. The number of halogens is 2. The first-order valence-electron chi connectivity index (χ1n) is 10.4. The fourth-order valence-corrected chi connectivity index (χ4v) is 3.93. The number of nitrogens with zero attached hydrogens (tertiary/aromatic N) is 2. The van der Waals surface area contributed by atoms with E-state index in [1.165, 1.54) is 24.3 Å². The summed E-state index contributed by atoms with van der Waals surface area (Å²) in [5.74, 6) is -0.587. The smallest absolute Gasteiger partial charge is 0.410 e. The summed E-state index contributed by atoms with van der Waals surface area (Å²) in [7, 11) is 0. The molecule has 1 unspecified atom stereocenters. The molecule has 1 amide bonds. The summed E-state index contributed by atoms with van der Waals surface area (Å²) in [5.41, 5.74) is 1.32. The van der Waals surface area contributed by atoms with Crippen LogP contribution < -0.4 is 0 Å². The Morgan fingerprint density at radius 1 is 1.00 bits per heavy atom. The van der Waals surface area contributed by atoms with Crippen LogP contribution in [0.3, 0.4) is 0 Å². The Hall–Kier alpha value is -2.47. The second-order valence-corrected chi connectivity index (χ2v) is 8.74. The van der Waals surface area contributed by atoms with Gasteiger partial charge in [-0.05, 0) is 62.6 Å². The number of hydrogen-bond acceptors (Lipinski definition) is 3. The number of carbonyl (C=O) groups excluding carboxylic acids is 1. The van der Waals surface area contributed by atoms with Gasteiger partial charge in [-0.3, -0.25) is 4.90 Å². The number of carbonyl (C=O) groups is 1. The normalized spacial score (nSPS) is 18.0. The number of hydrogen-bond donors (Lipinski definition) is 0. The Kier molecular flexibility index (Phi) is 6.76. The molecule has 1 saturated heterocycles. The summed E-state index contributed by atoms with van der Waals surface area (Å²) in [5, 5.41) is 0. The van der Waals surface area contributed by atoms with Gasteiger partial charge in [0.25, 0.3) is 0 Å². The van der Waals surface area contributed by atoms with Crippen LogP contribution in [-0.2, 0) is 4.74 Å². The van der Waals surface area contributed by atoms with E-state index in [1.54, 1.807) is 29.2 Å². The van der Waals surface area contributed by atoms with Gasteiger partial charge >= 0.3 is 6.09 Å². The lowest BCUT2D eigenvalue weighted by Gasteiger charge is -2.44. The zero-order chi connectivity index (χ0) is 21.9. The monoisotopic (exact) mass is 416 g/mol. The lowest BCUT2D eigenvalue weighted by atomic mass is 9.95. The van der Waals surface area contributed by atoms with Gasteiger partial charge in [-0.2, -0.15) is 0 Å². The van der Waals surface area contributed by atoms with Crippen LogP contribution in [0.5, 0.6) is 0 Å². The summed E-state index contributed by atoms with van der Waals surface area (Å²) in [6.07, 6.45) is 0.490. The molecule has 30 heavy (non-hydrogen) atoms. The molecule has 0 saturated carbocycles. The van der Waals surface area contributed by atoms with Crippen molar-refractivity contribution in [3.63, 3.8) is 0 Å². The van der Waals surface area contributed by atoms with Crippen LogP contribution in [0.4, 0.5) is 13.6 Å². The maximum Gasteiger partial charge on any atom is 0.410 e. The third kappa shape index (κ3) is 5.36. The van der Waals surface area contributed by atoms with Crippen molar-refractivity contribution in [2.75, 3.05) is 19.6 Å². The predicted molar refractivity (Wildman–Crippen MR) is 113 cm³/mol. The maximum absolute atomic E-state index is 13.5. The van der Waals surface area contributed by atoms with Gasteiger partial charge < -0.3 is 9.64 Å². The van der Waals surface area contributed by atoms with Crippen molar-refractivity contribution in [1.29, 1.82) is 0 Å². The van der Waals surface area contributed by atoms with Crippen LogP contribution >= 0.6 is 0 Å². The third-order valence-corrected chi connectivity index (χ3v) is 5.35. The van der Waals surface area contributed by atoms with Crippen LogP contribution in [0.15, 0.2) is 48.5 Å². The summed E-state index contributed by atoms with van der Waals surface area (Å²) >= 11 is 0. The van der Waals surface area contributed by atoms with Crippen molar-refractivity contribution < 1.29 is 18.3 Å². The molecule has 0 aromatic heterocycles. The molecular formula is C24H30F2N2O2. The Morgan fingerprint density at radius 3 is 1.93 bits per heavy atom. The molecule has 162 valence electrons. The van der Waals surface area contributed by atoms with Crippen molar-refractivity contribution in [3.05, 3.63) is 71.3 Å². The van der Waals surface area contributed by atoms with Crippen LogP contribution in [0.1, 0.15) is 51.3 Å². The highest BCUT2D eigenvalue weighted by Crippen LogP contribution is 2.32. The van der Waals surface area contributed by atoms with Gasteiger partial charge in [0.05, 0.1) is 6.04 Å². The molecule has 1 aliphatic rings. The number of ether oxygens (including phenoxy) is 1. The molecule has 1 atom stereocenters. The molecule has 0 bridgehead atoms. The first-order chi connectivity index (χ1) is 14.2. The molecule has 4 nitrogen and oxygen atoms in total. The van der Waals surface area contributed by atoms with E-state index in [4.69, 9.17) is 4.74 Å². The highest BCUT2D eigenvalue weighted by atomic mass is 19.1. The van der Waals surface area contributed by atoms with Gasteiger partial charge in [-0.25, -0.2) is 13.6 Å². The summed E-state index contributed by atoms with van der Waals surface area (Å²) in [6.45, 7) is 9.45. The van der Waals surface area contributed by atoms with Gasteiger partial charge in [0.2, 0.25) is 0 Å². The van der Waals surface area contributed by atoms with E-state index in [9.17, 15) is 13.6 Å². The lowest BCUT2D eigenvalue weighted by Crippen LogP contribution is -2.56. The average Bonchev–Trinajstić information content (AvgIpc) is 2.69. The summed E-state index contributed by atoms with van der Waals surface area (Å²) in [4.78, 5) is 16.7. The minimum Gasteiger partial charge on any atom is -0.444 e. The molecule has 0 N–H and O–H groups in total. The van der Waals surface area contributed by atoms with Crippen molar-refractivity contribution in [2.45, 2.75) is 51.8 Å². The molecular weight excluding hydrogens is 386 g/mol. The highest BCUT2D eigenvalue weighted by Gasteiger charge is 2.35. The first-order valence-corrected chi connectivity index (χ1v) is 10.4. The minimum absolute atomic E-state index is 0.00278. The van der Waals surface area contributed by atoms with Crippen LogP contribution in [0.2, 0.25) is 0 Å². The molecule has 2 aromatic carbocycles. The van der Waals surface area contributed by atoms with E-state index in [2.05, 4.69) is 11.8 Å². The van der Waals surface area contributed by atoms with Crippen molar-refractivity contribution >= 4 is 6.09 Å². The van der Waals surface area contributed by atoms with Gasteiger partial charge in [0.1, 0.15) is 17.2 Å². The van der Waals surface area contributed by atoms with Gasteiger partial charge in [0.15, 0.2) is 0 Å². The number of rotatable bonds is 4. The molecule has 1 heterocycles. The van der Waals surface area contributed by atoms with Crippen LogP contribution in [-0.4, -0.2) is 47.2 Å². The molecule has 6 heteroatoms. The van der Waals surface area contributed by atoms with Crippen LogP contribution in [0.25, 0.3) is 0 Å². The second-order valence-electron chi connectivity index (χ2n) is 8.74. The number of piperazine rings is 1. The number of benzene rings is 2. The Morgan fingerprint density at radius 2 is 1.50 bits per heavy atom. The van der Waals surface area contributed by atoms with E-state index in [0.717, 1.165) is 17.5 Å². The van der Waals surface area contributed by atoms with Gasteiger partial charge in [-0.1, -0.05) is 31.2 Å². The Balaban J connectivity index is 1.87. The van der Waals surface area contributed by atoms with Crippen LogP contribution in [0, 0.1) is 11.6 Å². The predicted octanol–water partition coefficient (Wildman–Crippen LogP) is 5.39. The first kappa shape index (κ1) is 22.2. The average molecular weight is 417 g/mol. The summed E-state index contributed by atoms with van der Waals surface area (Å²) < 4.78 is 32.6. The topological polar surface area (TPSA) is 32.8 Å². The minimum atomic E-state index is -0.544. The van der Waals surface area contributed by atoms with E-state index in [-0.39, 0.29) is 29.8 Å². The second kappa shape index (κ2) is 9.13. The van der Waals surface area contributed by atoms with E-state index in [1.807, 2.05) is 20.8 Å². The van der Waals surface area contributed by atoms with Crippen molar-refractivity contribution in [2.24, 2.45) is 0 Å². The molecule has 0 spiro atoms. The quantitative estimate of drug-likeness (QED) is 0.670. The Bertz CT molecular complexity index is 802. The molecule has 0 radical (unpaired) electrons. The fourth-order valence-electron chi connectivity index (χ4n) is 3.93. The summed E-state index contributed by atoms with van der Waals surface area (Å²) in [6, 6.07) is 12.7. The zero-order valence-corrected chi connectivity index (χ0v) is 18.1. The van der Waals surface area contributed by atoms with Gasteiger partial charge in [0, 0.05) is 25.7 Å². The standard InChI is InChI=1S/C24H30F2N2O2/c1-5-21-16-27(14-15-28(21)23(29)30-24(2,3)4)22(17-6-10-19(25)11-7-17)18-8-12-20(26)13-9-18/h6-13,21-22H,5,14-16H2,1-4H3. The van der Waals surface area contributed by atoms with Crippen molar-refractivity contribution in [3.8, 4) is 0 Å². The maximum atomic E-state index is 13.5. The van der Waals surface area contributed by atoms with E-state index >= 15 is 0 Å². The zero-order valence-electron chi connectivity index (χ0n) is 18.1. The van der Waals surface area contributed by atoms with Gasteiger partial charge in [-0.15, -0.1) is 0 Å². The lowest BCUT2D eigenvalue weighted by molar-refractivity contribution is -0.00598. The third-order valence-electron chi connectivity index (χ3n) is 5.35. The highest BCUT2D eigenvalue weighted by molar-refractivity contribution is 5.68. The fraction of sp³-hybridized carbons (Fsp3) is 0.458. The van der Waals surface area contributed by atoms with Crippen molar-refractivity contribution in [1.82, 2.24) is 9.80 Å². The molecule has 2 aromatic rings. The molecule has 3 rings (SSSR count). The molecule has 0 aliphatic carbocycles. The molecule has 1 fully saturated rings. The Labute approximate surface area is 177 Å². The van der Waals surface area contributed by atoms with E-state index in [0.29, 0.717) is 19.6 Å².